The van der Waals surface area contributed by atoms with Crippen LogP contribution in [-0.4, -0.2) is 22.1 Å². The number of pyridine rings is 1. The number of aryl methyl sites for hydroxylation is 1. The Hall–Kier alpha value is -1.42. The molecule has 0 aliphatic heterocycles. The summed E-state index contributed by atoms with van der Waals surface area (Å²) >= 11 is 0. The maximum Gasteiger partial charge on any atom is 0.177 e. The summed E-state index contributed by atoms with van der Waals surface area (Å²) in [6.45, 7) is 3.96. The van der Waals surface area contributed by atoms with E-state index >= 15 is 0 Å². The van der Waals surface area contributed by atoms with E-state index in [1.807, 2.05) is 26.1 Å². The summed E-state index contributed by atoms with van der Waals surface area (Å²) in [6.07, 6.45) is 1.79. The van der Waals surface area contributed by atoms with Gasteiger partial charge >= 0.3 is 0 Å². The molecule has 4 heteroatoms. The normalized spacial score (nSPS) is 13.4. The van der Waals surface area contributed by atoms with Gasteiger partial charge in [-0.2, -0.15) is 0 Å². The van der Waals surface area contributed by atoms with Crippen molar-refractivity contribution in [3.05, 3.63) is 23.7 Å². The monoisotopic (exact) mass is 191 g/mol. The van der Waals surface area contributed by atoms with Crippen molar-refractivity contribution in [1.82, 2.24) is 15.0 Å². The zero-order valence-electron chi connectivity index (χ0n) is 8.53. The van der Waals surface area contributed by atoms with Gasteiger partial charge in [0.25, 0.3) is 0 Å². The van der Waals surface area contributed by atoms with E-state index in [2.05, 4.69) is 15.0 Å². The molecule has 2 aromatic rings. The van der Waals surface area contributed by atoms with Gasteiger partial charge in [-0.15, -0.1) is 0 Å². The third-order valence-electron chi connectivity index (χ3n) is 2.23. The van der Waals surface area contributed by atoms with Gasteiger partial charge in [-0.25, -0.2) is 9.97 Å². The molecule has 0 spiro atoms. The predicted molar refractivity (Wildman–Crippen MR) is 54.0 cm³/mol. The average Bonchev–Trinajstić information content (AvgIpc) is 2.59. The molecule has 0 radical (unpaired) electrons. The number of nitrogens with zero attached hydrogens (tertiary/aromatic N) is 2. The second-order valence-corrected chi connectivity index (χ2v) is 3.38. The van der Waals surface area contributed by atoms with Crippen molar-refractivity contribution in [2.24, 2.45) is 0 Å². The van der Waals surface area contributed by atoms with Gasteiger partial charge in [-0.1, -0.05) is 0 Å². The van der Waals surface area contributed by atoms with E-state index in [4.69, 9.17) is 4.74 Å². The number of H-pyrrole nitrogens is 1. The Labute approximate surface area is 82.3 Å². The zero-order valence-corrected chi connectivity index (χ0v) is 8.53. The van der Waals surface area contributed by atoms with E-state index in [0.29, 0.717) is 0 Å². The van der Waals surface area contributed by atoms with Crippen LogP contribution in [-0.2, 0) is 4.74 Å². The molecule has 14 heavy (non-hydrogen) atoms. The van der Waals surface area contributed by atoms with Gasteiger partial charge in [0.1, 0.15) is 11.9 Å². The molecular formula is C10H13N3O. The zero-order chi connectivity index (χ0) is 10.1. The summed E-state index contributed by atoms with van der Waals surface area (Å²) in [6, 6.07) is 2.03. The standard InChI is InChI=1S/C10H13N3O/c1-6-4-8-10(11-5-6)13-9(12-8)7(2)14-3/h4-5,7H,1-3H3,(H,11,12,13). The lowest BCUT2D eigenvalue weighted by atomic mass is 10.3. The minimum atomic E-state index is -0.0236. The van der Waals surface area contributed by atoms with E-state index in [1.165, 1.54) is 0 Å². The average molecular weight is 191 g/mol. The van der Waals surface area contributed by atoms with Crippen molar-refractivity contribution < 1.29 is 4.74 Å². The maximum absolute atomic E-state index is 5.17. The second-order valence-electron chi connectivity index (χ2n) is 3.38. The molecule has 1 unspecified atom stereocenters. The fraction of sp³-hybridized carbons (Fsp3) is 0.400. The fourth-order valence-corrected chi connectivity index (χ4v) is 1.33. The molecule has 0 saturated carbocycles. The number of rotatable bonds is 2. The Bertz CT molecular complexity index is 450. The highest BCUT2D eigenvalue weighted by molar-refractivity contribution is 5.71. The smallest absolute Gasteiger partial charge is 0.177 e. The second kappa shape index (κ2) is 3.38. The van der Waals surface area contributed by atoms with Gasteiger partial charge < -0.3 is 9.72 Å². The summed E-state index contributed by atoms with van der Waals surface area (Å²) in [4.78, 5) is 11.7. The Kier molecular flexibility index (Phi) is 2.21. The number of imidazole rings is 1. The van der Waals surface area contributed by atoms with Crippen molar-refractivity contribution in [2.45, 2.75) is 20.0 Å². The minimum absolute atomic E-state index is 0.0236. The number of hydrogen-bond donors (Lipinski definition) is 1. The molecule has 0 bridgehead atoms. The third kappa shape index (κ3) is 1.48. The number of ether oxygens (including phenoxy) is 1. The van der Waals surface area contributed by atoms with E-state index in [9.17, 15) is 0 Å². The van der Waals surface area contributed by atoms with Crippen LogP contribution in [0.5, 0.6) is 0 Å². The summed E-state index contributed by atoms with van der Waals surface area (Å²) in [5, 5.41) is 0. The lowest BCUT2D eigenvalue weighted by molar-refractivity contribution is 0.113. The lowest BCUT2D eigenvalue weighted by Crippen LogP contribution is -1.97. The first-order valence-corrected chi connectivity index (χ1v) is 4.56. The SMILES string of the molecule is COC(C)c1nc2ncc(C)cc2[nH]1. The van der Waals surface area contributed by atoms with E-state index < -0.39 is 0 Å². The first kappa shape index (κ1) is 9.15. The third-order valence-corrected chi connectivity index (χ3v) is 2.23. The number of methoxy groups -OCH3 is 1. The first-order valence-electron chi connectivity index (χ1n) is 4.56. The molecule has 1 N–H and O–H groups in total. The number of hydrogen-bond acceptors (Lipinski definition) is 3. The molecule has 0 amide bonds. The number of aromatic amines is 1. The van der Waals surface area contributed by atoms with Crippen LogP contribution in [0.2, 0.25) is 0 Å². The molecule has 0 saturated heterocycles. The Balaban J connectivity index is 2.51. The Morgan fingerprint density at radius 1 is 1.50 bits per heavy atom. The van der Waals surface area contributed by atoms with Crippen LogP contribution in [0.25, 0.3) is 11.2 Å². The van der Waals surface area contributed by atoms with Crippen LogP contribution in [0.1, 0.15) is 24.4 Å². The molecule has 0 aromatic carbocycles. The molecule has 1 atom stereocenters. The van der Waals surface area contributed by atoms with Crippen LogP contribution in [0, 0.1) is 6.92 Å². The lowest BCUT2D eigenvalue weighted by Gasteiger charge is -2.03. The van der Waals surface area contributed by atoms with Crippen molar-refractivity contribution in [3.8, 4) is 0 Å². The van der Waals surface area contributed by atoms with E-state index in [0.717, 1.165) is 22.6 Å². The van der Waals surface area contributed by atoms with Crippen molar-refractivity contribution >= 4 is 11.2 Å². The molecule has 0 aliphatic carbocycles. The Morgan fingerprint density at radius 2 is 2.29 bits per heavy atom. The molecule has 2 heterocycles. The van der Waals surface area contributed by atoms with Crippen LogP contribution < -0.4 is 0 Å². The van der Waals surface area contributed by atoms with Crippen LogP contribution >= 0.6 is 0 Å². The quantitative estimate of drug-likeness (QED) is 0.789. The van der Waals surface area contributed by atoms with E-state index in [1.54, 1.807) is 7.11 Å². The Morgan fingerprint density at radius 3 is 3.00 bits per heavy atom. The summed E-state index contributed by atoms with van der Waals surface area (Å²) in [7, 11) is 1.66. The van der Waals surface area contributed by atoms with Crippen molar-refractivity contribution in [3.63, 3.8) is 0 Å². The van der Waals surface area contributed by atoms with Gasteiger partial charge in [-0.05, 0) is 25.5 Å². The van der Waals surface area contributed by atoms with Gasteiger partial charge in [0.15, 0.2) is 5.65 Å². The van der Waals surface area contributed by atoms with Crippen LogP contribution in [0.4, 0.5) is 0 Å². The highest BCUT2D eigenvalue weighted by atomic mass is 16.5. The first-order chi connectivity index (χ1) is 6.70. The van der Waals surface area contributed by atoms with E-state index in [-0.39, 0.29) is 6.10 Å². The van der Waals surface area contributed by atoms with Gasteiger partial charge in [0.05, 0.1) is 5.52 Å². The predicted octanol–water partition coefficient (Wildman–Crippen LogP) is 1.97. The summed E-state index contributed by atoms with van der Waals surface area (Å²) in [5.41, 5.74) is 2.83. The summed E-state index contributed by atoms with van der Waals surface area (Å²) in [5.74, 6) is 0.820. The number of aromatic nitrogens is 3. The van der Waals surface area contributed by atoms with Gasteiger partial charge in [-0.3, -0.25) is 0 Å². The minimum Gasteiger partial charge on any atom is -0.374 e. The van der Waals surface area contributed by atoms with Gasteiger partial charge in [0.2, 0.25) is 0 Å². The molecule has 74 valence electrons. The maximum atomic E-state index is 5.17. The largest absolute Gasteiger partial charge is 0.374 e. The highest BCUT2D eigenvalue weighted by Gasteiger charge is 2.09. The molecule has 2 aromatic heterocycles. The number of fused-ring (bicyclic) bond motifs is 1. The topological polar surface area (TPSA) is 50.8 Å². The molecule has 2 rings (SSSR count). The number of nitrogens with one attached hydrogen (secondary N) is 1. The molecule has 0 fully saturated rings. The van der Waals surface area contributed by atoms with Crippen LogP contribution in [0.3, 0.4) is 0 Å². The summed E-state index contributed by atoms with van der Waals surface area (Å²) < 4.78 is 5.17. The fourth-order valence-electron chi connectivity index (χ4n) is 1.33. The van der Waals surface area contributed by atoms with Crippen molar-refractivity contribution in [2.75, 3.05) is 7.11 Å². The molecule has 4 nitrogen and oxygen atoms in total. The highest BCUT2D eigenvalue weighted by Crippen LogP contribution is 2.16. The van der Waals surface area contributed by atoms with Crippen molar-refractivity contribution in [1.29, 1.82) is 0 Å². The molecule has 0 aliphatic rings. The van der Waals surface area contributed by atoms with Crippen LogP contribution in [0.15, 0.2) is 12.3 Å². The molecular weight excluding hydrogens is 178 g/mol. The van der Waals surface area contributed by atoms with Gasteiger partial charge in [0, 0.05) is 13.3 Å².